The van der Waals surface area contributed by atoms with Gasteiger partial charge in [0.05, 0.1) is 7.11 Å². The summed E-state index contributed by atoms with van der Waals surface area (Å²) < 4.78 is 9.27. The number of carbonyl (C=O) groups excluding carboxylic acids is 2. The topological polar surface area (TPSA) is 55.8 Å². The number of hydrogen-bond donors (Lipinski definition) is 0. The molecule has 0 N–H and O–H groups in total. The van der Waals surface area contributed by atoms with Gasteiger partial charge >= 0.3 is 12.1 Å². The Balaban J connectivity index is 2.76. The van der Waals surface area contributed by atoms with Crippen molar-refractivity contribution in [2.24, 2.45) is 0 Å². The van der Waals surface area contributed by atoms with E-state index >= 15 is 0 Å². The molecule has 0 aromatic carbocycles. The second-order valence-corrected chi connectivity index (χ2v) is 2.59. The average Bonchev–Trinajstić information content (AvgIpc) is 2.26. The van der Waals surface area contributed by atoms with Crippen LogP contribution in [0.5, 0.6) is 0 Å². The third kappa shape index (κ3) is 1.22. The lowest BCUT2D eigenvalue weighted by molar-refractivity contribution is -0.141. The highest BCUT2D eigenvalue weighted by molar-refractivity contribution is 5.83. The zero-order valence-electron chi connectivity index (χ0n) is 7.23. The molecule has 1 amide bonds. The van der Waals surface area contributed by atoms with E-state index in [2.05, 4.69) is 4.74 Å². The molecule has 1 fully saturated rings. The Morgan fingerprint density at radius 2 is 2.17 bits per heavy atom. The van der Waals surface area contributed by atoms with E-state index in [4.69, 9.17) is 4.74 Å². The summed E-state index contributed by atoms with van der Waals surface area (Å²) in [6, 6.07) is -0.549. The molecule has 0 radical (unpaired) electrons. The molecule has 0 aromatic heterocycles. The quantitative estimate of drug-likeness (QED) is 0.496. The summed E-state index contributed by atoms with van der Waals surface area (Å²) in [5, 5.41) is 0. The van der Waals surface area contributed by atoms with E-state index in [1.54, 1.807) is 13.8 Å². The molecule has 5 heteroatoms. The molecule has 1 saturated heterocycles. The first-order valence-corrected chi connectivity index (χ1v) is 3.64. The van der Waals surface area contributed by atoms with E-state index in [0.717, 1.165) is 0 Å². The highest BCUT2D eigenvalue weighted by Crippen LogP contribution is 2.18. The van der Waals surface area contributed by atoms with Gasteiger partial charge in [-0.05, 0) is 13.8 Å². The van der Waals surface area contributed by atoms with Crippen LogP contribution < -0.4 is 0 Å². The maximum absolute atomic E-state index is 11.1. The molecule has 0 aliphatic carbocycles. The summed E-state index contributed by atoms with van der Waals surface area (Å²) in [5.74, 6) is -0.395. The van der Waals surface area contributed by atoms with Crippen LogP contribution in [0, 0.1) is 0 Å². The average molecular weight is 173 g/mol. The third-order valence-electron chi connectivity index (χ3n) is 1.82. The summed E-state index contributed by atoms with van der Waals surface area (Å²) in [6.45, 7) is 3.22. The van der Waals surface area contributed by atoms with Gasteiger partial charge in [-0.2, -0.15) is 0 Å². The largest absolute Gasteiger partial charge is 0.453 e. The van der Waals surface area contributed by atoms with E-state index in [0.29, 0.717) is 0 Å². The van der Waals surface area contributed by atoms with Crippen molar-refractivity contribution in [3.05, 3.63) is 0 Å². The van der Waals surface area contributed by atoms with Crippen molar-refractivity contribution in [3.63, 3.8) is 0 Å². The molecule has 1 aliphatic rings. The van der Waals surface area contributed by atoms with Crippen LogP contribution in [0.2, 0.25) is 0 Å². The number of carbonyl (C=O) groups is 2. The minimum Gasteiger partial charge on any atom is -0.453 e. The van der Waals surface area contributed by atoms with Gasteiger partial charge in [0.2, 0.25) is 0 Å². The number of methoxy groups -OCH3 is 1. The minimum atomic E-state index is -0.549. The van der Waals surface area contributed by atoms with Crippen LogP contribution in [-0.4, -0.2) is 36.3 Å². The van der Waals surface area contributed by atoms with Crippen molar-refractivity contribution in [1.82, 2.24) is 4.90 Å². The van der Waals surface area contributed by atoms with E-state index in [1.807, 2.05) is 0 Å². The maximum Gasteiger partial charge on any atom is 0.413 e. The number of hydrogen-bond acceptors (Lipinski definition) is 4. The Morgan fingerprint density at radius 1 is 1.58 bits per heavy atom. The molecule has 0 saturated carbocycles. The van der Waals surface area contributed by atoms with Crippen molar-refractivity contribution < 1.29 is 19.1 Å². The summed E-state index contributed by atoms with van der Waals surface area (Å²) in [5.41, 5.74) is 0. The van der Waals surface area contributed by atoms with Gasteiger partial charge in [-0.3, -0.25) is 4.90 Å². The van der Waals surface area contributed by atoms with Gasteiger partial charge < -0.3 is 9.47 Å². The molecule has 0 spiro atoms. The normalized spacial score (nSPS) is 28.6. The molecule has 12 heavy (non-hydrogen) atoms. The SMILES string of the molecule is COC(=O)N1C(C)OC(=O)C1C. The van der Waals surface area contributed by atoms with Gasteiger partial charge in [0.1, 0.15) is 6.04 Å². The Labute approximate surface area is 70.2 Å². The van der Waals surface area contributed by atoms with Crippen LogP contribution in [0.25, 0.3) is 0 Å². The van der Waals surface area contributed by atoms with Crippen LogP contribution in [0.3, 0.4) is 0 Å². The first-order chi connectivity index (χ1) is 5.57. The second-order valence-electron chi connectivity index (χ2n) is 2.59. The van der Waals surface area contributed by atoms with Crippen molar-refractivity contribution in [3.8, 4) is 0 Å². The molecular formula is C7H11NO4. The monoisotopic (exact) mass is 173 g/mol. The molecule has 1 aliphatic heterocycles. The van der Waals surface area contributed by atoms with E-state index in [-0.39, 0.29) is 0 Å². The minimum absolute atomic E-state index is 0.395. The number of ether oxygens (including phenoxy) is 2. The van der Waals surface area contributed by atoms with Gasteiger partial charge in [0.15, 0.2) is 6.23 Å². The summed E-state index contributed by atoms with van der Waals surface area (Å²) >= 11 is 0. The molecule has 2 atom stereocenters. The Morgan fingerprint density at radius 3 is 2.50 bits per heavy atom. The number of rotatable bonds is 0. The summed E-state index contributed by atoms with van der Waals surface area (Å²) in [7, 11) is 1.27. The number of esters is 1. The smallest absolute Gasteiger partial charge is 0.413 e. The van der Waals surface area contributed by atoms with Crippen molar-refractivity contribution >= 4 is 12.1 Å². The fourth-order valence-corrected chi connectivity index (χ4v) is 1.16. The standard InChI is InChI=1S/C7H11NO4/c1-4-6(9)12-5(2)8(4)7(10)11-3/h4-5H,1-3H3. The molecule has 5 nitrogen and oxygen atoms in total. The summed E-state index contributed by atoms with van der Waals surface area (Å²) in [4.78, 5) is 23.2. The Kier molecular flexibility index (Phi) is 2.21. The van der Waals surface area contributed by atoms with Crippen LogP contribution in [0.15, 0.2) is 0 Å². The van der Waals surface area contributed by atoms with Gasteiger partial charge in [-0.15, -0.1) is 0 Å². The molecule has 68 valence electrons. The molecule has 1 rings (SSSR count). The van der Waals surface area contributed by atoms with Gasteiger partial charge in [0.25, 0.3) is 0 Å². The third-order valence-corrected chi connectivity index (χ3v) is 1.82. The molecular weight excluding hydrogens is 162 g/mol. The highest BCUT2D eigenvalue weighted by Gasteiger charge is 2.40. The number of nitrogens with zero attached hydrogens (tertiary/aromatic N) is 1. The summed E-state index contributed by atoms with van der Waals surface area (Å²) in [6.07, 6.45) is -1.07. The first kappa shape index (κ1) is 8.83. The fraction of sp³-hybridized carbons (Fsp3) is 0.714. The predicted molar refractivity (Wildman–Crippen MR) is 39.3 cm³/mol. The lowest BCUT2D eigenvalue weighted by Crippen LogP contribution is -2.39. The Bertz CT molecular complexity index is 215. The van der Waals surface area contributed by atoms with E-state index in [9.17, 15) is 9.59 Å². The van der Waals surface area contributed by atoms with Gasteiger partial charge in [-0.1, -0.05) is 0 Å². The second kappa shape index (κ2) is 3.00. The fourth-order valence-electron chi connectivity index (χ4n) is 1.16. The molecule has 0 aromatic rings. The van der Waals surface area contributed by atoms with Crippen molar-refractivity contribution in [2.45, 2.75) is 26.1 Å². The predicted octanol–water partition coefficient (Wildman–Crippen LogP) is 0.346. The first-order valence-electron chi connectivity index (χ1n) is 3.64. The maximum atomic E-state index is 11.1. The molecule has 0 bridgehead atoms. The van der Waals surface area contributed by atoms with Crippen LogP contribution in [0.4, 0.5) is 4.79 Å². The zero-order chi connectivity index (χ0) is 9.30. The number of amides is 1. The van der Waals surface area contributed by atoms with Gasteiger partial charge in [0, 0.05) is 0 Å². The van der Waals surface area contributed by atoms with E-state index < -0.39 is 24.3 Å². The number of cyclic esters (lactones) is 1. The van der Waals surface area contributed by atoms with Crippen LogP contribution in [-0.2, 0) is 14.3 Å². The zero-order valence-corrected chi connectivity index (χ0v) is 7.23. The lowest BCUT2D eigenvalue weighted by atomic mass is 10.3. The lowest BCUT2D eigenvalue weighted by Gasteiger charge is -2.19. The van der Waals surface area contributed by atoms with E-state index in [1.165, 1.54) is 12.0 Å². The highest BCUT2D eigenvalue weighted by atomic mass is 16.6. The van der Waals surface area contributed by atoms with Crippen molar-refractivity contribution in [2.75, 3.05) is 7.11 Å². The van der Waals surface area contributed by atoms with Crippen LogP contribution >= 0.6 is 0 Å². The molecule has 2 unspecified atom stereocenters. The van der Waals surface area contributed by atoms with Crippen LogP contribution in [0.1, 0.15) is 13.8 Å². The molecule has 1 heterocycles. The van der Waals surface area contributed by atoms with Crippen molar-refractivity contribution in [1.29, 1.82) is 0 Å². The van der Waals surface area contributed by atoms with Gasteiger partial charge in [-0.25, -0.2) is 9.59 Å². The Hall–Kier alpha value is -1.26.